The fraction of sp³-hybridized carbons (Fsp3) is 0.188. The number of fused-ring (bicyclic) bond motifs is 1. The Labute approximate surface area is 252 Å². The highest BCUT2D eigenvalue weighted by atomic mass is 35.5. The minimum atomic E-state index is -0.918. The summed E-state index contributed by atoms with van der Waals surface area (Å²) in [5, 5.41) is 10.9. The molecule has 41 heavy (non-hydrogen) atoms. The first kappa shape index (κ1) is 28.8. The van der Waals surface area contributed by atoms with Gasteiger partial charge in [-0.2, -0.15) is 0 Å². The molecule has 1 aliphatic heterocycles. The van der Waals surface area contributed by atoms with Crippen LogP contribution in [0.15, 0.2) is 78.9 Å². The number of carbonyl (C=O) groups excluding carboxylic acids is 1. The highest BCUT2D eigenvalue weighted by molar-refractivity contribution is 6.32. The van der Waals surface area contributed by atoms with Crippen molar-refractivity contribution in [1.29, 1.82) is 0 Å². The van der Waals surface area contributed by atoms with E-state index in [9.17, 15) is 14.7 Å². The van der Waals surface area contributed by atoms with E-state index in [0.717, 1.165) is 5.56 Å². The van der Waals surface area contributed by atoms with Crippen LogP contribution >= 0.6 is 34.8 Å². The summed E-state index contributed by atoms with van der Waals surface area (Å²) in [4.78, 5) is 24.4. The molecule has 0 aliphatic carbocycles. The zero-order chi connectivity index (χ0) is 28.9. The molecule has 0 spiro atoms. The predicted molar refractivity (Wildman–Crippen MR) is 159 cm³/mol. The van der Waals surface area contributed by atoms with Crippen molar-refractivity contribution >= 4 is 46.6 Å². The summed E-state index contributed by atoms with van der Waals surface area (Å²) in [5.41, 5.74) is 2.03. The lowest BCUT2D eigenvalue weighted by atomic mass is 9.93. The van der Waals surface area contributed by atoms with Crippen LogP contribution in [0.1, 0.15) is 46.7 Å². The molecular formula is C32H25Cl3O6. The number of ether oxygens (including phenoxy) is 3. The molecule has 0 amide bonds. The molecule has 1 unspecified atom stereocenters. The maximum absolute atomic E-state index is 12.9. The number of rotatable bonds is 10. The van der Waals surface area contributed by atoms with Crippen LogP contribution in [0.3, 0.4) is 0 Å². The Kier molecular flexibility index (Phi) is 9.03. The Balaban J connectivity index is 1.19. The zero-order valence-electron chi connectivity index (χ0n) is 21.7. The first-order valence-electron chi connectivity index (χ1n) is 13.0. The van der Waals surface area contributed by atoms with Crippen molar-refractivity contribution in [3.05, 3.63) is 111 Å². The molecule has 0 radical (unpaired) electrons. The number of carboxylic acids is 1. The number of carbonyl (C=O) groups is 2. The van der Waals surface area contributed by atoms with Gasteiger partial charge in [-0.15, -0.1) is 0 Å². The molecule has 0 fully saturated rings. The molecule has 4 aromatic carbocycles. The van der Waals surface area contributed by atoms with E-state index < -0.39 is 11.9 Å². The molecule has 6 nitrogen and oxygen atoms in total. The van der Waals surface area contributed by atoms with Crippen molar-refractivity contribution in [3.8, 4) is 28.7 Å². The number of aryl methyl sites for hydroxylation is 1. The fourth-order valence-electron chi connectivity index (χ4n) is 4.63. The Morgan fingerprint density at radius 1 is 0.854 bits per heavy atom. The van der Waals surface area contributed by atoms with E-state index in [4.69, 9.17) is 49.0 Å². The third-order valence-electron chi connectivity index (χ3n) is 6.71. The first-order valence-corrected chi connectivity index (χ1v) is 14.1. The number of carboxylic acid groups (broad SMARTS) is 1. The molecule has 5 rings (SSSR count). The standard InChI is InChI=1S/C32H25Cl3O6/c33-21-4-2-5-24(15-21)41-29-16-22(34)10-7-20(29)3-1-6-28(36)19-8-11-23(12-9-19)40-31-18-30-26(17-27(31)35)25(32(37)38)13-14-39-30/h2,4-5,7-12,15-18,25H,1,3,6,13-14H2,(H,37,38). The van der Waals surface area contributed by atoms with Crippen molar-refractivity contribution in [3.63, 3.8) is 0 Å². The second kappa shape index (κ2) is 12.9. The van der Waals surface area contributed by atoms with Crippen LogP contribution in [-0.2, 0) is 11.2 Å². The van der Waals surface area contributed by atoms with Gasteiger partial charge in [0, 0.05) is 33.7 Å². The lowest BCUT2D eigenvalue weighted by Crippen LogP contribution is -2.20. The van der Waals surface area contributed by atoms with Crippen LogP contribution in [0.5, 0.6) is 28.7 Å². The van der Waals surface area contributed by atoms with E-state index in [0.29, 0.717) is 82.2 Å². The van der Waals surface area contributed by atoms with Crippen LogP contribution in [0.2, 0.25) is 15.1 Å². The molecule has 0 saturated carbocycles. The lowest BCUT2D eigenvalue weighted by Gasteiger charge is -2.24. The molecule has 0 bridgehead atoms. The Morgan fingerprint density at radius 2 is 1.61 bits per heavy atom. The van der Waals surface area contributed by atoms with E-state index in [1.165, 1.54) is 0 Å². The molecule has 0 aromatic heterocycles. The zero-order valence-corrected chi connectivity index (χ0v) is 24.0. The first-order chi connectivity index (χ1) is 19.8. The molecule has 1 heterocycles. The number of ketones is 1. The molecule has 4 aromatic rings. The van der Waals surface area contributed by atoms with Gasteiger partial charge in [0.05, 0.1) is 17.5 Å². The summed E-state index contributed by atoms with van der Waals surface area (Å²) < 4.78 is 17.6. The van der Waals surface area contributed by atoms with E-state index in [1.54, 1.807) is 60.7 Å². The SMILES string of the molecule is O=C(CCCc1ccc(Cl)cc1Oc1cccc(Cl)c1)c1ccc(Oc2cc3c(cc2Cl)C(C(=O)O)CCO3)cc1. The van der Waals surface area contributed by atoms with Gasteiger partial charge in [-0.3, -0.25) is 9.59 Å². The van der Waals surface area contributed by atoms with Crippen molar-refractivity contribution in [1.82, 2.24) is 0 Å². The molecule has 9 heteroatoms. The average Bonchev–Trinajstić information content (AvgIpc) is 2.94. The van der Waals surface area contributed by atoms with Crippen LogP contribution < -0.4 is 14.2 Å². The second-order valence-corrected chi connectivity index (χ2v) is 10.8. The van der Waals surface area contributed by atoms with Crippen LogP contribution in [0.4, 0.5) is 0 Å². The van der Waals surface area contributed by atoms with E-state index in [1.807, 2.05) is 18.2 Å². The minimum Gasteiger partial charge on any atom is -0.493 e. The second-order valence-electron chi connectivity index (χ2n) is 9.56. The van der Waals surface area contributed by atoms with Crippen LogP contribution in [0.25, 0.3) is 0 Å². The third-order valence-corrected chi connectivity index (χ3v) is 7.47. The van der Waals surface area contributed by atoms with Crippen molar-refractivity contribution < 1.29 is 28.9 Å². The number of hydrogen-bond donors (Lipinski definition) is 1. The van der Waals surface area contributed by atoms with E-state index in [-0.39, 0.29) is 10.8 Å². The highest BCUT2D eigenvalue weighted by Gasteiger charge is 2.29. The van der Waals surface area contributed by atoms with Gasteiger partial charge in [-0.05, 0) is 85.5 Å². The van der Waals surface area contributed by atoms with E-state index >= 15 is 0 Å². The fourth-order valence-corrected chi connectivity index (χ4v) is 5.18. The van der Waals surface area contributed by atoms with Crippen molar-refractivity contribution in [2.45, 2.75) is 31.6 Å². The molecule has 1 N–H and O–H groups in total. The number of hydrogen-bond acceptors (Lipinski definition) is 5. The molecule has 210 valence electrons. The minimum absolute atomic E-state index is 0.00255. The van der Waals surface area contributed by atoms with Crippen molar-refractivity contribution in [2.24, 2.45) is 0 Å². The van der Waals surface area contributed by atoms with Gasteiger partial charge in [0.15, 0.2) is 5.78 Å². The van der Waals surface area contributed by atoms with E-state index in [2.05, 4.69) is 0 Å². The molecular weight excluding hydrogens is 587 g/mol. The summed E-state index contributed by atoms with van der Waals surface area (Å²) >= 11 is 18.7. The molecule has 0 saturated heterocycles. The van der Waals surface area contributed by atoms with Gasteiger partial charge in [-0.1, -0.05) is 46.9 Å². The van der Waals surface area contributed by atoms with Gasteiger partial charge in [-0.25, -0.2) is 0 Å². The smallest absolute Gasteiger partial charge is 0.311 e. The Morgan fingerprint density at radius 3 is 2.37 bits per heavy atom. The van der Waals surface area contributed by atoms with Crippen LogP contribution in [-0.4, -0.2) is 23.5 Å². The normalized spacial score (nSPS) is 14.1. The summed E-state index contributed by atoms with van der Waals surface area (Å²) in [7, 11) is 0. The summed E-state index contributed by atoms with van der Waals surface area (Å²) in [6, 6.07) is 22.6. The Hall–Kier alpha value is -3.71. The lowest BCUT2D eigenvalue weighted by molar-refractivity contribution is -0.139. The maximum atomic E-state index is 12.9. The monoisotopic (exact) mass is 610 g/mol. The van der Waals surface area contributed by atoms with Gasteiger partial charge in [0.25, 0.3) is 0 Å². The predicted octanol–water partition coefficient (Wildman–Crippen LogP) is 9.39. The quantitative estimate of drug-likeness (QED) is 0.180. The van der Waals surface area contributed by atoms with Gasteiger partial charge >= 0.3 is 5.97 Å². The number of aliphatic carboxylic acids is 1. The Bertz CT molecular complexity index is 1590. The van der Waals surface area contributed by atoms with Crippen LogP contribution in [0, 0.1) is 0 Å². The van der Waals surface area contributed by atoms with Gasteiger partial charge in [0.2, 0.25) is 0 Å². The largest absolute Gasteiger partial charge is 0.493 e. The molecule has 1 atom stereocenters. The molecule has 1 aliphatic rings. The number of benzene rings is 4. The number of halogens is 3. The van der Waals surface area contributed by atoms with Gasteiger partial charge < -0.3 is 19.3 Å². The van der Waals surface area contributed by atoms with Gasteiger partial charge in [0.1, 0.15) is 28.7 Å². The highest BCUT2D eigenvalue weighted by Crippen LogP contribution is 2.42. The third kappa shape index (κ3) is 7.14. The summed E-state index contributed by atoms with van der Waals surface area (Å²) in [5.74, 6) is 0.912. The number of Topliss-reactive ketones (excluding diaryl/α,β-unsaturated/α-hetero) is 1. The summed E-state index contributed by atoms with van der Waals surface area (Å²) in [6.45, 7) is 0.302. The summed E-state index contributed by atoms with van der Waals surface area (Å²) in [6.07, 6.45) is 1.97. The topological polar surface area (TPSA) is 82.1 Å². The maximum Gasteiger partial charge on any atom is 0.311 e. The van der Waals surface area contributed by atoms with Crippen molar-refractivity contribution in [2.75, 3.05) is 6.61 Å². The average molecular weight is 612 g/mol.